The lowest BCUT2D eigenvalue weighted by Gasteiger charge is -2.06. The van der Waals surface area contributed by atoms with Crippen LogP contribution in [0, 0.1) is 17.2 Å². The van der Waals surface area contributed by atoms with Gasteiger partial charge < -0.3 is 4.42 Å². The molecule has 0 atom stereocenters. The summed E-state index contributed by atoms with van der Waals surface area (Å²) in [4.78, 5) is 0. The normalized spacial score (nSPS) is 10.8. The van der Waals surface area contributed by atoms with E-state index in [1.165, 1.54) is 0 Å². The van der Waals surface area contributed by atoms with Crippen molar-refractivity contribution >= 4 is 15.9 Å². The second-order valence-corrected chi connectivity index (χ2v) is 5.19. The second-order valence-electron chi connectivity index (χ2n) is 4.41. The van der Waals surface area contributed by atoms with Crippen molar-refractivity contribution in [2.75, 3.05) is 0 Å². The van der Waals surface area contributed by atoms with E-state index < -0.39 is 0 Å². The van der Waals surface area contributed by atoms with Crippen LogP contribution in [0.4, 0.5) is 0 Å². The van der Waals surface area contributed by atoms with Crippen molar-refractivity contribution in [1.29, 1.82) is 5.26 Å². The van der Waals surface area contributed by atoms with Crippen LogP contribution in [0.25, 0.3) is 11.5 Å². The van der Waals surface area contributed by atoms with Gasteiger partial charge in [0.1, 0.15) is 11.8 Å². The molecule has 6 heteroatoms. The van der Waals surface area contributed by atoms with Crippen LogP contribution in [-0.4, -0.2) is 15.0 Å². The van der Waals surface area contributed by atoms with Crippen molar-refractivity contribution in [2.45, 2.75) is 26.8 Å². The number of hydrogen-bond donors (Lipinski definition) is 0. The second kappa shape index (κ2) is 5.36. The Morgan fingerprint density at radius 3 is 2.83 bits per heavy atom. The van der Waals surface area contributed by atoms with Crippen molar-refractivity contribution in [3.05, 3.63) is 22.5 Å². The van der Waals surface area contributed by atoms with E-state index in [0.717, 1.165) is 13.0 Å². The van der Waals surface area contributed by atoms with Crippen LogP contribution in [0.15, 0.2) is 21.2 Å². The minimum Gasteiger partial charge on any atom is -0.448 e. The summed E-state index contributed by atoms with van der Waals surface area (Å²) < 4.78 is 7.83. The van der Waals surface area contributed by atoms with Gasteiger partial charge in [0, 0.05) is 6.54 Å². The Labute approximate surface area is 114 Å². The van der Waals surface area contributed by atoms with Crippen LogP contribution in [0.3, 0.4) is 0 Å². The van der Waals surface area contributed by atoms with Gasteiger partial charge in [-0.25, -0.2) is 4.68 Å². The molecule has 2 aromatic heterocycles. The molecule has 0 unspecified atom stereocenters. The van der Waals surface area contributed by atoms with Gasteiger partial charge in [-0.05, 0) is 40.4 Å². The zero-order valence-electron chi connectivity index (χ0n) is 10.2. The van der Waals surface area contributed by atoms with Crippen LogP contribution in [0.1, 0.15) is 26.0 Å². The first kappa shape index (κ1) is 12.8. The van der Waals surface area contributed by atoms with Gasteiger partial charge in [0.25, 0.3) is 0 Å². The molecule has 0 aliphatic rings. The largest absolute Gasteiger partial charge is 0.448 e. The Morgan fingerprint density at radius 2 is 2.28 bits per heavy atom. The molecule has 0 aliphatic heterocycles. The highest BCUT2D eigenvalue weighted by molar-refractivity contribution is 9.10. The fourth-order valence-electron chi connectivity index (χ4n) is 1.61. The average molecular weight is 309 g/mol. The average Bonchev–Trinajstić information content (AvgIpc) is 2.91. The van der Waals surface area contributed by atoms with Gasteiger partial charge >= 0.3 is 0 Å². The third-order valence-corrected chi connectivity index (χ3v) is 2.99. The minimum absolute atomic E-state index is 0.292. The number of halogens is 1. The molecule has 18 heavy (non-hydrogen) atoms. The first-order valence-electron chi connectivity index (χ1n) is 5.71. The first-order chi connectivity index (χ1) is 8.61. The molecule has 0 aliphatic carbocycles. The number of nitriles is 1. The fraction of sp³-hybridized carbons (Fsp3) is 0.417. The summed E-state index contributed by atoms with van der Waals surface area (Å²) in [6.45, 7) is 5.01. The van der Waals surface area contributed by atoms with Crippen LogP contribution in [0.5, 0.6) is 0 Å². The number of aromatic nitrogens is 3. The summed E-state index contributed by atoms with van der Waals surface area (Å²) in [5.41, 5.74) is 0.935. The van der Waals surface area contributed by atoms with Crippen molar-refractivity contribution in [3.8, 4) is 17.5 Å². The molecule has 5 nitrogen and oxygen atoms in total. The molecule has 2 aromatic rings. The third kappa shape index (κ3) is 2.62. The van der Waals surface area contributed by atoms with Crippen molar-refractivity contribution < 1.29 is 4.42 Å². The highest BCUT2D eigenvalue weighted by Gasteiger charge is 2.18. The molecule has 2 heterocycles. The van der Waals surface area contributed by atoms with Crippen molar-refractivity contribution in [2.24, 2.45) is 5.92 Å². The molecule has 0 bridgehead atoms. The first-order valence-corrected chi connectivity index (χ1v) is 6.50. The molecule has 0 N–H and O–H groups in total. The number of rotatable bonds is 4. The third-order valence-electron chi connectivity index (χ3n) is 2.57. The van der Waals surface area contributed by atoms with Crippen LogP contribution in [0.2, 0.25) is 0 Å². The maximum atomic E-state index is 9.06. The molecule has 0 spiro atoms. The van der Waals surface area contributed by atoms with Gasteiger partial charge in [0.2, 0.25) is 0 Å². The molecular formula is C12H13BrN4O. The standard InChI is InChI=1S/C12H13BrN4O/c1-8(2)5-6-17-12(9(7-14)15-16-17)10-3-4-11(13)18-10/h3-4,8H,5-6H2,1-2H3. The van der Waals surface area contributed by atoms with Gasteiger partial charge in [0.15, 0.2) is 16.1 Å². The zero-order chi connectivity index (χ0) is 13.1. The zero-order valence-corrected chi connectivity index (χ0v) is 11.8. The minimum atomic E-state index is 0.292. The lowest BCUT2D eigenvalue weighted by molar-refractivity contribution is 0.473. The van der Waals surface area contributed by atoms with E-state index in [1.54, 1.807) is 16.8 Å². The summed E-state index contributed by atoms with van der Waals surface area (Å²) in [6.07, 6.45) is 0.975. The molecule has 2 rings (SSSR count). The van der Waals surface area contributed by atoms with Gasteiger partial charge in [-0.2, -0.15) is 5.26 Å². The number of furan rings is 1. The Balaban J connectivity index is 2.37. The van der Waals surface area contributed by atoms with E-state index in [2.05, 4.69) is 40.1 Å². The van der Waals surface area contributed by atoms with Crippen LogP contribution in [-0.2, 0) is 6.54 Å². The van der Waals surface area contributed by atoms with Gasteiger partial charge in [0.05, 0.1) is 0 Å². The van der Waals surface area contributed by atoms with E-state index in [1.807, 2.05) is 6.07 Å². The van der Waals surface area contributed by atoms with Crippen molar-refractivity contribution in [3.63, 3.8) is 0 Å². The molecule has 0 saturated heterocycles. The summed E-state index contributed by atoms with van der Waals surface area (Å²) in [7, 11) is 0. The smallest absolute Gasteiger partial charge is 0.193 e. The van der Waals surface area contributed by atoms with Gasteiger partial charge in [-0.15, -0.1) is 5.10 Å². The highest BCUT2D eigenvalue weighted by atomic mass is 79.9. The Hall–Kier alpha value is -1.61. The Kier molecular flexibility index (Phi) is 3.82. The summed E-state index contributed by atoms with van der Waals surface area (Å²) >= 11 is 3.25. The summed E-state index contributed by atoms with van der Waals surface area (Å²) in [6, 6.07) is 5.63. The maximum Gasteiger partial charge on any atom is 0.193 e. The van der Waals surface area contributed by atoms with Gasteiger partial charge in [-0.1, -0.05) is 19.1 Å². The highest BCUT2D eigenvalue weighted by Crippen LogP contribution is 2.27. The van der Waals surface area contributed by atoms with Crippen molar-refractivity contribution in [1.82, 2.24) is 15.0 Å². The summed E-state index contributed by atoms with van der Waals surface area (Å²) in [5.74, 6) is 1.17. The van der Waals surface area contributed by atoms with Crippen LogP contribution >= 0.6 is 15.9 Å². The molecule has 0 aromatic carbocycles. The lowest BCUT2D eigenvalue weighted by atomic mass is 10.1. The maximum absolute atomic E-state index is 9.06. The number of nitrogens with zero attached hydrogens (tertiary/aromatic N) is 4. The molecule has 0 fully saturated rings. The Morgan fingerprint density at radius 1 is 1.50 bits per heavy atom. The predicted molar refractivity (Wildman–Crippen MR) is 69.6 cm³/mol. The molecule has 0 amide bonds. The van der Waals surface area contributed by atoms with E-state index in [-0.39, 0.29) is 0 Å². The van der Waals surface area contributed by atoms with E-state index in [0.29, 0.717) is 27.7 Å². The lowest BCUT2D eigenvalue weighted by Crippen LogP contribution is -2.05. The predicted octanol–water partition coefficient (Wildman–Crippen LogP) is 3.22. The van der Waals surface area contributed by atoms with E-state index in [4.69, 9.17) is 9.68 Å². The van der Waals surface area contributed by atoms with E-state index in [9.17, 15) is 0 Å². The molecular weight excluding hydrogens is 296 g/mol. The van der Waals surface area contributed by atoms with Gasteiger partial charge in [-0.3, -0.25) is 0 Å². The van der Waals surface area contributed by atoms with Crippen LogP contribution < -0.4 is 0 Å². The topological polar surface area (TPSA) is 67.6 Å². The number of aryl methyl sites for hydroxylation is 1. The van der Waals surface area contributed by atoms with E-state index >= 15 is 0 Å². The molecule has 94 valence electrons. The monoisotopic (exact) mass is 308 g/mol. The SMILES string of the molecule is CC(C)CCn1nnc(C#N)c1-c1ccc(Br)o1. The molecule has 0 saturated carbocycles. The Bertz CT molecular complexity index is 579. The quantitative estimate of drug-likeness (QED) is 0.869. The number of hydrogen-bond acceptors (Lipinski definition) is 4. The fourth-order valence-corrected chi connectivity index (χ4v) is 1.92. The summed E-state index contributed by atoms with van der Waals surface area (Å²) in [5, 5.41) is 16.9. The molecule has 0 radical (unpaired) electrons.